The maximum atomic E-state index is 2.23. The highest BCUT2D eigenvalue weighted by molar-refractivity contribution is 6.33. The van der Waals surface area contributed by atoms with Crippen LogP contribution in [0.2, 0.25) is 0 Å². The Hall–Kier alpha value is -2.23. The number of benzene rings is 1. The van der Waals surface area contributed by atoms with Gasteiger partial charge in [-0.3, -0.25) is 14.1 Å². The molecule has 2 aromatic rings. The molecule has 1 aromatic carbocycles. The van der Waals surface area contributed by atoms with Crippen molar-refractivity contribution in [1.29, 1.82) is 0 Å². The highest BCUT2D eigenvalue weighted by Gasteiger charge is 2.30. The van der Waals surface area contributed by atoms with Crippen LogP contribution in [0.3, 0.4) is 0 Å². The van der Waals surface area contributed by atoms with Crippen LogP contribution >= 0.6 is 0 Å². The Bertz CT molecular complexity index is 694. The summed E-state index contributed by atoms with van der Waals surface area (Å²) in [5.41, 5.74) is 2.50. The first-order valence-corrected chi connectivity index (χ1v) is 5.75. The molecular formula is C13H11BN3+. The minimum absolute atomic E-state index is 0.876. The van der Waals surface area contributed by atoms with Crippen LogP contribution in [0.4, 0.5) is 0 Å². The van der Waals surface area contributed by atoms with Crippen molar-refractivity contribution in [3.63, 3.8) is 0 Å². The van der Waals surface area contributed by atoms with Crippen molar-refractivity contribution >= 4 is 24.7 Å². The normalized spacial score (nSPS) is 17.1. The first-order chi connectivity index (χ1) is 8.42. The predicted molar refractivity (Wildman–Crippen MR) is 70.9 cm³/mol. The van der Waals surface area contributed by atoms with Crippen LogP contribution in [0.15, 0.2) is 60.6 Å². The second-order valence-corrected chi connectivity index (χ2v) is 4.33. The van der Waals surface area contributed by atoms with E-state index >= 15 is 0 Å². The SMILES string of the molecule is B1N(n2ccc3ccccc32)C=C2C=CC=[N+]12. The molecule has 0 aliphatic carbocycles. The molecule has 0 saturated carbocycles. The molecule has 80 valence electrons. The second kappa shape index (κ2) is 3.14. The van der Waals surface area contributed by atoms with Gasteiger partial charge in [0, 0.05) is 23.7 Å². The van der Waals surface area contributed by atoms with Gasteiger partial charge in [-0.15, -0.1) is 0 Å². The lowest BCUT2D eigenvalue weighted by Crippen LogP contribution is -2.32. The third-order valence-corrected chi connectivity index (χ3v) is 3.30. The third-order valence-electron chi connectivity index (χ3n) is 3.30. The summed E-state index contributed by atoms with van der Waals surface area (Å²) >= 11 is 0. The van der Waals surface area contributed by atoms with Gasteiger partial charge in [-0.1, -0.05) is 18.2 Å². The molecule has 0 amide bonds. The van der Waals surface area contributed by atoms with Gasteiger partial charge in [-0.05, 0) is 12.1 Å². The van der Waals surface area contributed by atoms with Gasteiger partial charge in [0.15, 0.2) is 5.70 Å². The summed E-state index contributed by atoms with van der Waals surface area (Å²) in [6.45, 7) is 0. The van der Waals surface area contributed by atoms with E-state index in [1.54, 1.807) is 0 Å². The summed E-state index contributed by atoms with van der Waals surface area (Å²) < 4.78 is 4.43. The molecule has 0 radical (unpaired) electrons. The van der Waals surface area contributed by atoms with Crippen LogP contribution in [-0.2, 0) is 0 Å². The minimum atomic E-state index is 0.876. The topological polar surface area (TPSA) is 11.2 Å². The van der Waals surface area contributed by atoms with Crippen molar-refractivity contribution in [1.82, 2.24) is 4.68 Å². The number of aromatic nitrogens is 1. The second-order valence-electron chi connectivity index (χ2n) is 4.33. The molecule has 2 aliphatic rings. The Morgan fingerprint density at radius 1 is 1.12 bits per heavy atom. The first-order valence-electron chi connectivity index (χ1n) is 5.75. The average molecular weight is 220 g/mol. The molecule has 0 unspecified atom stereocenters. The molecule has 2 aliphatic heterocycles. The van der Waals surface area contributed by atoms with Crippen molar-refractivity contribution in [2.75, 3.05) is 4.92 Å². The fraction of sp³-hybridized carbons (Fsp3) is 0. The van der Waals surface area contributed by atoms with Crippen molar-refractivity contribution < 1.29 is 4.49 Å². The van der Waals surface area contributed by atoms with Gasteiger partial charge < -0.3 is 0 Å². The smallest absolute Gasteiger partial charge is 0.267 e. The molecular weight excluding hydrogens is 209 g/mol. The van der Waals surface area contributed by atoms with Gasteiger partial charge in [-0.25, -0.2) is 0 Å². The molecule has 4 rings (SSSR count). The molecule has 0 saturated heterocycles. The summed E-state index contributed by atoms with van der Waals surface area (Å²) in [5, 5.41) is 1.28. The first kappa shape index (κ1) is 8.87. The van der Waals surface area contributed by atoms with E-state index in [1.807, 2.05) is 0 Å². The zero-order valence-electron chi connectivity index (χ0n) is 9.32. The largest absolute Gasteiger partial charge is 0.619 e. The number of rotatable bonds is 1. The Labute approximate surface area is 99.8 Å². The number of nitrogens with zero attached hydrogens (tertiary/aromatic N) is 3. The lowest BCUT2D eigenvalue weighted by molar-refractivity contribution is -0.299. The number of allylic oxidation sites excluding steroid dienone is 2. The predicted octanol–water partition coefficient (Wildman–Crippen LogP) is 1.35. The lowest BCUT2D eigenvalue weighted by atomic mass is 10.2. The van der Waals surface area contributed by atoms with E-state index in [0.717, 1.165) is 7.55 Å². The number of hydrogen-bond donors (Lipinski definition) is 0. The standard InChI is InChI=1S/C13H11BN3/c1-2-6-13-11(4-1)7-9-16(13)17-10-12-5-3-8-15(12)14-17/h1-10,14H/q+1. The van der Waals surface area contributed by atoms with Crippen LogP contribution < -0.4 is 4.92 Å². The van der Waals surface area contributed by atoms with Gasteiger partial charge in [0.05, 0.1) is 11.7 Å². The van der Waals surface area contributed by atoms with E-state index < -0.39 is 0 Å². The molecule has 0 fully saturated rings. The van der Waals surface area contributed by atoms with Crippen molar-refractivity contribution in [3.05, 3.63) is 60.6 Å². The van der Waals surface area contributed by atoms with Crippen LogP contribution in [-0.4, -0.2) is 22.9 Å². The highest BCUT2D eigenvalue weighted by atomic mass is 15.5. The maximum absolute atomic E-state index is 2.23. The van der Waals surface area contributed by atoms with Crippen LogP contribution in [0, 0.1) is 0 Å². The Morgan fingerprint density at radius 2 is 2.06 bits per heavy atom. The van der Waals surface area contributed by atoms with E-state index in [4.69, 9.17) is 0 Å². The van der Waals surface area contributed by atoms with Crippen LogP contribution in [0.25, 0.3) is 10.9 Å². The van der Waals surface area contributed by atoms with Crippen LogP contribution in [0.5, 0.6) is 0 Å². The number of hydrogen-bond acceptors (Lipinski definition) is 1. The quantitative estimate of drug-likeness (QED) is 0.660. The molecule has 3 nitrogen and oxygen atoms in total. The Morgan fingerprint density at radius 3 is 3.00 bits per heavy atom. The van der Waals surface area contributed by atoms with E-state index in [1.165, 1.54) is 16.6 Å². The zero-order chi connectivity index (χ0) is 11.2. The number of fused-ring (bicyclic) bond motifs is 2. The summed E-state index contributed by atoms with van der Waals surface area (Å²) in [5.74, 6) is 0. The van der Waals surface area contributed by atoms with Crippen molar-refractivity contribution in [2.45, 2.75) is 0 Å². The Kier molecular flexibility index (Phi) is 1.64. The molecule has 4 heteroatoms. The van der Waals surface area contributed by atoms with E-state index in [0.29, 0.717) is 0 Å². The van der Waals surface area contributed by atoms with E-state index in [9.17, 15) is 0 Å². The van der Waals surface area contributed by atoms with Gasteiger partial charge >= 0.3 is 7.55 Å². The van der Waals surface area contributed by atoms with Crippen LogP contribution in [0.1, 0.15) is 0 Å². The summed E-state index contributed by atoms with van der Waals surface area (Å²) in [6.07, 6.45) is 10.6. The molecule has 1 aromatic heterocycles. The monoisotopic (exact) mass is 220 g/mol. The van der Waals surface area contributed by atoms with Gasteiger partial charge in [0.25, 0.3) is 0 Å². The summed E-state index contributed by atoms with van der Waals surface area (Å²) in [7, 11) is 0.876. The molecule has 0 bridgehead atoms. The zero-order valence-corrected chi connectivity index (χ0v) is 9.32. The average Bonchev–Trinajstić information content (AvgIpc) is 3.01. The highest BCUT2D eigenvalue weighted by Crippen LogP contribution is 2.19. The molecule has 3 heterocycles. The molecule has 0 atom stereocenters. The molecule has 0 N–H and O–H groups in total. The summed E-state index contributed by atoms with van der Waals surface area (Å²) in [4.78, 5) is 2.22. The van der Waals surface area contributed by atoms with Gasteiger partial charge in [-0.2, -0.15) is 0 Å². The summed E-state index contributed by atoms with van der Waals surface area (Å²) in [6, 6.07) is 10.6. The fourth-order valence-corrected chi connectivity index (χ4v) is 2.45. The van der Waals surface area contributed by atoms with E-state index in [2.05, 4.69) is 75.2 Å². The fourth-order valence-electron chi connectivity index (χ4n) is 2.45. The third kappa shape index (κ3) is 1.21. The van der Waals surface area contributed by atoms with Gasteiger partial charge in [0.1, 0.15) is 6.21 Å². The minimum Gasteiger partial charge on any atom is -0.267 e. The van der Waals surface area contributed by atoms with Gasteiger partial charge in [0.2, 0.25) is 0 Å². The number of para-hydroxylation sites is 1. The lowest BCUT2D eigenvalue weighted by Gasteiger charge is -2.13. The molecule has 0 spiro atoms. The maximum Gasteiger partial charge on any atom is 0.619 e. The Balaban J connectivity index is 1.84. The van der Waals surface area contributed by atoms with Crippen molar-refractivity contribution in [3.8, 4) is 0 Å². The van der Waals surface area contributed by atoms with Crippen molar-refractivity contribution in [2.24, 2.45) is 0 Å². The molecule has 17 heavy (non-hydrogen) atoms. The van der Waals surface area contributed by atoms with E-state index in [-0.39, 0.29) is 0 Å².